The van der Waals surface area contributed by atoms with Crippen LogP contribution >= 0.6 is 0 Å². The second-order valence-electron chi connectivity index (χ2n) is 8.13. The van der Waals surface area contributed by atoms with E-state index < -0.39 is 53.1 Å². The molecule has 12 heteroatoms. The van der Waals surface area contributed by atoms with E-state index >= 15 is 0 Å². The SMILES string of the molecule is CO[Si](OC)(OC)OC(C)OC(C)OC(C)OC(C)OC(C)OC(C)OC(C)OCCc1ccccc1. The van der Waals surface area contributed by atoms with E-state index in [1.165, 1.54) is 26.9 Å². The second kappa shape index (κ2) is 18.3. The molecule has 0 aliphatic rings. The largest absolute Gasteiger partial charge is 0.680 e. The third-order valence-corrected chi connectivity index (χ3v) is 7.07. The van der Waals surface area contributed by atoms with Gasteiger partial charge in [0.25, 0.3) is 0 Å². The molecule has 1 rings (SSSR count). The zero-order chi connectivity index (χ0) is 27.8. The molecule has 1 aromatic carbocycles. The van der Waals surface area contributed by atoms with Gasteiger partial charge in [-0.25, -0.2) is 0 Å². The molecule has 7 atom stereocenters. The van der Waals surface area contributed by atoms with Gasteiger partial charge >= 0.3 is 9.05 Å². The fraction of sp³-hybridized carbons (Fsp3) is 0.760. The van der Waals surface area contributed by atoms with Gasteiger partial charge < -0.3 is 50.9 Å². The lowest BCUT2D eigenvalue weighted by atomic mass is 10.2. The lowest BCUT2D eigenvalue weighted by molar-refractivity contribution is -0.338. The van der Waals surface area contributed by atoms with Gasteiger partial charge in [0, 0.05) is 21.3 Å². The van der Waals surface area contributed by atoms with E-state index in [1.54, 1.807) is 41.5 Å². The zero-order valence-electron chi connectivity index (χ0n) is 23.8. The molecule has 0 fully saturated rings. The summed E-state index contributed by atoms with van der Waals surface area (Å²) >= 11 is 0. The lowest BCUT2D eigenvalue weighted by Gasteiger charge is -2.29. The Bertz CT molecular complexity index is 686. The van der Waals surface area contributed by atoms with Crippen molar-refractivity contribution in [2.75, 3.05) is 27.9 Å². The van der Waals surface area contributed by atoms with Crippen molar-refractivity contribution in [3.05, 3.63) is 35.9 Å². The second-order valence-corrected chi connectivity index (χ2v) is 10.6. The highest BCUT2D eigenvalue weighted by Crippen LogP contribution is 2.15. The van der Waals surface area contributed by atoms with Crippen LogP contribution in [0.3, 0.4) is 0 Å². The molecule has 0 aliphatic heterocycles. The highest BCUT2D eigenvalue weighted by atomic mass is 28.4. The van der Waals surface area contributed by atoms with Crippen LogP contribution in [0.4, 0.5) is 0 Å². The molecule has 11 nitrogen and oxygen atoms in total. The van der Waals surface area contributed by atoms with E-state index in [2.05, 4.69) is 12.1 Å². The third kappa shape index (κ3) is 14.7. The van der Waals surface area contributed by atoms with Gasteiger partial charge in [0.1, 0.15) is 0 Å². The van der Waals surface area contributed by atoms with Crippen molar-refractivity contribution in [1.29, 1.82) is 0 Å². The summed E-state index contributed by atoms with van der Waals surface area (Å²) in [7, 11) is 1.10. The molecular formula is C25H46O11Si. The summed E-state index contributed by atoms with van der Waals surface area (Å²) in [6, 6.07) is 10.1. The topological polar surface area (TPSA) is 102 Å². The Kier molecular flexibility index (Phi) is 16.8. The fourth-order valence-electron chi connectivity index (χ4n) is 3.43. The van der Waals surface area contributed by atoms with Crippen molar-refractivity contribution >= 4 is 9.05 Å². The van der Waals surface area contributed by atoms with Crippen molar-refractivity contribution < 1.29 is 50.9 Å². The van der Waals surface area contributed by atoms with Gasteiger partial charge in [-0.05, 0) is 60.5 Å². The summed E-state index contributed by atoms with van der Waals surface area (Å²) in [6.07, 6.45) is -3.36. The molecule has 0 aliphatic carbocycles. The molecule has 0 radical (unpaired) electrons. The molecule has 0 saturated heterocycles. The van der Waals surface area contributed by atoms with E-state index in [4.69, 9.17) is 50.9 Å². The third-order valence-electron chi connectivity index (χ3n) is 4.95. The van der Waals surface area contributed by atoms with E-state index in [1.807, 2.05) is 25.1 Å². The molecule has 37 heavy (non-hydrogen) atoms. The first kappa shape index (κ1) is 34.0. The summed E-state index contributed by atoms with van der Waals surface area (Å²) in [6.45, 7) is 12.8. The maximum absolute atomic E-state index is 5.73. The molecule has 0 spiro atoms. The van der Waals surface area contributed by atoms with Crippen LogP contribution in [0.15, 0.2) is 30.3 Å². The van der Waals surface area contributed by atoms with Gasteiger partial charge in [0.2, 0.25) is 0 Å². The van der Waals surface area contributed by atoms with Crippen LogP contribution in [0.2, 0.25) is 0 Å². The summed E-state index contributed by atoms with van der Waals surface area (Å²) in [4.78, 5) is 0. The van der Waals surface area contributed by atoms with Crippen molar-refractivity contribution in [2.45, 2.75) is 98.9 Å². The van der Waals surface area contributed by atoms with Gasteiger partial charge in [-0.2, -0.15) is 0 Å². The van der Waals surface area contributed by atoms with E-state index in [0.29, 0.717) is 6.61 Å². The highest BCUT2D eigenvalue weighted by Gasteiger charge is 2.44. The average molecular weight is 551 g/mol. The molecule has 0 amide bonds. The molecule has 7 unspecified atom stereocenters. The summed E-state index contributed by atoms with van der Waals surface area (Å²) in [5, 5.41) is 0. The van der Waals surface area contributed by atoms with Crippen LogP contribution in [0.1, 0.15) is 54.0 Å². The quantitative estimate of drug-likeness (QED) is 0.163. The van der Waals surface area contributed by atoms with Crippen molar-refractivity contribution in [1.82, 2.24) is 0 Å². The molecule has 0 saturated carbocycles. The van der Waals surface area contributed by atoms with Gasteiger partial charge in [0.05, 0.1) is 6.61 Å². The minimum absolute atomic E-state index is 0.426. The van der Waals surface area contributed by atoms with Gasteiger partial charge in [-0.15, -0.1) is 0 Å². The van der Waals surface area contributed by atoms with E-state index in [0.717, 1.165) is 6.42 Å². The predicted molar refractivity (Wildman–Crippen MR) is 137 cm³/mol. The van der Waals surface area contributed by atoms with Crippen molar-refractivity contribution in [2.24, 2.45) is 0 Å². The molecule has 1 aromatic rings. The predicted octanol–water partition coefficient (Wildman–Crippen LogP) is 4.16. The Balaban J connectivity index is 2.27. The monoisotopic (exact) mass is 550 g/mol. The fourth-order valence-corrected chi connectivity index (χ4v) is 4.68. The molecule has 0 N–H and O–H groups in total. The van der Waals surface area contributed by atoms with E-state index in [-0.39, 0.29) is 0 Å². The maximum atomic E-state index is 5.73. The average Bonchev–Trinajstić information content (AvgIpc) is 2.82. The number of hydrogen-bond donors (Lipinski definition) is 0. The molecule has 216 valence electrons. The molecule has 0 bridgehead atoms. The Morgan fingerprint density at radius 3 is 1.32 bits per heavy atom. The van der Waals surface area contributed by atoms with Crippen LogP contribution in [0.25, 0.3) is 0 Å². The minimum atomic E-state index is -3.24. The smallest absolute Gasteiger partial charge is 0.355 e. The van der Waals surface area contributed by atoms with Crippen LogP contribution in [0, 0.1) is 0 Å². The summed E-state index contributed by atoms with van der Waals surface area (Å²) in [5.41, 5.74) is 1.21. The minimum Gasteiger partial charge on any atom is -0.355 e. The maximum Gasteiger partial charge on any atom is 0.680 e. The zero-order valence-corrected chi connectivity index (χ0v) is 24.8. The highest BCUT2D eigenvalue weighted by molar-refractivity contribution is 6.53. The van der Waals surface area contributed by atoms with Crippen LogP contribution in [0.5, 0.6) is 0 Å². The first-order chi connectivity index (χ1) is 17.5. The molecule has 0 aromatic heterocycles. The van der Waals surface area contributed by atoms with Crippen LogP contribution in [-0.2, 0) is 57.3 Å². The Hall–Kier alpha value is -1.00. The standard InChI is InChI=1S/C25H46O11Si/c1-18(29-17-16-25-14-12-11-13-15-25)30-19(2)31-20(3)32-21(4)33-22(5)34-23(6)35-24(7)36-37(26-8,27-9)28-10/h11-15,18-24H,16-17H2,1-10H3. The van der Waals surface area contributed by atoms with E-state index in [9.17, 15) is 0 Å². The van der Waals surface area contributed by atoms with Crippen molar-refractivity contribution in [3.8, 4) is 0 Å². The van der Waals surface area contributed by atoms with Crippen LogP contribution in [-0.4, -0.2) is 81.0 Å². The number of ether oxygens (including phenoxy) is 7. The Labute approximate surface area is 222 Å². The first-order valence-electron chi connectivity index (χ1n) is 12.4. The normalized spacial score (nSPS) is 18.1. The Morgan fingerprint density at radius 2 is 0.919 bits per heavy atom. The number of rotatable bonds is 21. The lowest BCUT2D eigenvalue weighted by Crippen LogP contribution is -2.49. The summed E-state index contributed by atoms with van der Waals surface area (Å²) in [5.74, 6) is 0. The van der Waals surface area contributed by atoms with Gasteiger partial charge in [-0.1, -0.05) is 30.3 Å². The van der Waals surface area contributed by atoms with Crippen LogP contribution < -0.4 is 0 Å². The molecular weight excluding hydrogens is 504 g/mol. The van der Waals surface area contributed by atoms with Gasteiger partial charge in [-0.3, -0.25) is 0 Å². The molecule has 0 heterocycles. The number of benzene rings is 1. The first-order valence-corrected chi connectivity index (χ1v) is 14.1. The Morgan fingerprint density at radius 1 is 0.541 bits per heavy atom. The number of hydrogen-bond acceptors (Lipinski definition) is 11. The summed E-state index contributed by atoms with van der Waals surface area (Å²) < 4.78 is 61.3. The van der Waals surface area contributed by atoms with Gasteiger partial charge in [0.15, 0.2) is 44.0 Å². The van der Waals surface area contributed by atoms with Crippen molar-refractivity contribution in [3.63, 3.8) is 0 Å².